The maximum Gasteiger partial charge on any atom is 0.253 e. The Morgan fingerprint density at radius 3 is 2.15 bits per heavy atom. The van der Waals surface area contributed by atoms with Crippen LogP contribution >= 0.6 is 15.9 Å². The van der Waals surface area contributed by atoms with Crippen LogP contribution in [0.2, 0.25) is 0 Å². The molecule has 33 heavy (non-hydrogen) atoms. The summed E-state index contributed by atoms with van der Waals surface area (Å²) in [7, 11) is 0. The number of nitrogens with one attached hydrogen (secondary N) is 1. The van der Waals surface area contributed by atoms with E-state index in [0.717, 1.165) is 36.8 Å². The van der Waals surface area contributed by atoms with E-state index in [9.17, 15) is 14.4 Å². The van der Waals surface area contributed by atoms with Crippen molar-refractivity contribution >= 4 is 33.7 Å². The monoisotopic (exact) mass is 511 g/mol. The molecule has 1 unspecified atom stereocenters. The van der Waals surface area contributed by atoms with E-state index >= 15 is 0 Å². The van der Waals surface area contributed by atoms with Gasteiger partial charge < -0.3 is 15.1 Å². The SMILES string of the molecule is O=C(NC(C(=O)N1CCCCC1)C1CCN(C(=O)c2cccc(Br)c2)CC1)c1ccccc1. The minimum Gasteiger partial charge on any atom is -0.341 e. The van der Waals surface area contributed by atoms with Gasteiger partial charge in [0, 0.05) is 41.8 Å². The molecule has 2 heterocycles. The van der Waals surface area contributed by atoms with Crippen LogP contribution in [0.25, 0.3) is 0 Å². The fourth-order valence-corrected chi connectivity index (χ4v) is 5.15. The molecule has 1 N–H and O–H groups in total. The molecular weight excluding hydrogens is 482 g/mol. The van der Waals surface area contributed by atoms with Crippen molar-refractivity contribution in [3.63, 3.8) is 0 Å². The van der Waals surface area contributed by atoms with E-state index in [1.54, 1.807) is 12.1 Å². The third-order valence-electron chi connectivity index (χ3n) is 6.63. The zero-order chi connectivity index (χ0) is 23.2. The van der Waals surface area contributed by atoms with Crippen LogP contribution < -0.4 is 5.32 Å². The minimum absolute atomic E-state index is 0.00125. The van der Waals surface area contributed by atoms with Gasteiger partial charge in [-0.2, -0.15) is 0 Å². The number of carbonyl (C=O) groups excluding carboxylic acids is 3. The van der Waals surface area contributed by atoms with Gasteiger partial charge in [-0.25, -0.2) is 0 Å². The zero-order valence-electron chi connectivity index (χ0n) is 18.7. The van der Waals surface area contributed by atoms with Crippen molar-refractivity contribution in [2.24, 2.45) is 5.92 Å². The van der Waals surface area contributed by atoms with E-state index < -0.39 is 6.04 Å². The summed E-state index contributed by atoms with van der Waals surface area (Å²) in [6, 6.07) is 15.9. The largest absolute Gasteiger partial charge is 0.341 e. The molecule has 0 saturated carbocycles. The fraction of sp³-hybridized carbons (Fsp3) is 0.423. The van der Waals surface area contributed by atoms with Crippen molar-refractivity contribution in [1.29, 1.82) is 0 Å². The van der Waals surface area contributed by atoms with Gasteiger partial charge in [-0.15, -0.1) is 0 Å². The van der Waals surface area contributed by atoms with Gasteiger partial charge in [0.2, 0.25) is 5.91 Å². The van der Waals surface area contributed by atoms with E-state index in [-0.39, 0.29) is 23.6 Å². The molecule has 6 nitrogen and oxygen atoms in total. The molecule has 0 aromatic heterocycles. The quantitative estimate of drug-likeness (QED) is 0.656. The molecule has 3 amide bonds. The molecule has 2 fully saturated rings. The Morgan fingerprint density at radius 1 is 0.818 bits per heavy atom. The molecular formula is C26H30BrN3O3. The Morgan fingerprint density at radius 2 is 1.48 bits per heavy atom. The van der Waals surface area contributed by atoms with Crippen LogP contribution in [0.5, 0.6) is 0 Å². The van der Waals surface area contributed by atoms with E-state index in [1.807, 2.05) is 52.3 Å². The van der Waals surface area contributed by atoms with Crippen LogP contribution in [0.4, 0.5) is 0 Å². The zero-order valence-corrected chi connectivity index (χ0v) is 20.3. The van der Waals surface area contributed by atoms with Crippen LogP contribution in [0, 0.1) is 5.92 Å². The van der Waals surface area contributed by atoms with Crippen molar-refractivity contribution in [2.75, 3.05) is 26.2 Å². The van der Waals surface area contributed by atoms with Crippen molar-refractivity contribution in [3.8, 4) is 0 Å². The van der Waals surface area contributed by atoms with E-state index in [2.05, 4.69) is 21.2 Å². The molecule has 2 aromatic carbocycles. The highest BCUT2D eigenvalue weighted by molar-refractivity contribution is 9.10. The lowest BCUT2D eigenvalue weighted by Crippen LogP contribution is -2.55. The molecule has 174 valence electrons. The van der Waals surface area contributed by atoms with Gasteiger partial charge in [-0.3, -0.25) is 14.4 Å². The Hall–Kier alpha value is -2.67. The lowest BCUT2D eigenvalue weighted by molar-refractivity contribution is -0.136. The highest BCUT2D eigenvalue weighted by Crippen LogP contribution is 2.25. The summed E-state index contributed by atoms with van der Waals surface area (Å²) in [6.07, 6.45) is 4.51. The molecule has 2 saturated heterocycles. The van der Waals surface area contributed by atoms with Gasteiger partial charge in [-0.05, 0) is 68.4 Å². The maximum atomic E-state index is 13.5. The topological polar surface area (TPSA) is 69.7 Å². The molecule has 1 atom stereocenters. The molecule has 7 heteroatoms. The number of rotatable bonds is 5. The maximum absolute atomic E-state index is 13.5. The fourth-order valence-electron chi connectivity index (χ4n) is 4.75. The molecule has 0 radical (unpaired) electrons. The summed E-state index contributed by atoms with van der Waals surface area (Å²) in [4.78, 5) is 43.1. The van der Waals surface area contributed by atoms with Gasteiger partial charge >= 0.3 is 0 Å². The number of carbonyl (C=O) groups is 3. The van der Waals surface area contributed by atoms with Gasteiger partial charge in [0.25, 0.3) is 11.8 Å². The number of hydrogen-bond donors (Lipinski definition) is 1. The van der Waals surface area contributed by atoms with Gasteiger partial charge in [0.05, 0.1) is 0 Å². The molecule has 2 aromatic rings. The highest BCUT2D eigenvalue weighted by atomic mass is 79.9. The average Bonchev–Trinajstić information content (AvgIpc) is 2.87. The second-order valence-corrected chi connectivity index (χ2v) is 9.76. The number of likely N-dealkylation sites (tertiary alicyclic amines) is 2. The summed E-state index contributed by atoms with van der Waals surface area (Å²) in [5.74, 6) is -0.213. The third kappa shape index (κ3) is 5.82. The molecule has 0 spiro atoms. The summed E-state index contributed by atoms with van der Waals surface area (Å²) >= 11 is 3.43. The Bertz CT molecular complexity index is 983. The van der Waals surface area contributed by atoms with Crippen molar-refractivity contribution in [1.82, 2.24) is 15.1 Å². The lowest BCUT2D eigenvalue weighted by atomic mass is 9.87. The predicted octanol–water partition coefficient (Wildman–Crippen LogP) is 4.11. The van der Waals surface area contributed by atoms with E-state index in [1.165, 1.54) is 0 Å². The molecule has 0 bridgehead atoms. The molecule has 0 aliphatic carbocycles. The van der Waals surface area contributed by atoms with Crippen LogP contribution in [-0.2, 0) is 4.79 Å². The Kier molecular flexibility index (Phi) is 7.81. The van der Waals surface area contributed by atoms with Crippen molar-refractivity contribution < 1.29 is 14.4 Å². The molecule has 2 aliphatic rings. The second-order valence-electron chi connectivity index (χ2n) is 8.84. The van der Waals surface area contributed by atoms with E-state index in [4.69, 9.17) is 0 Å². The molecule has 2 aliphatic heterocycles. The summed E-state index contributed by atoms with van der Waals surface area (Å²) in [6.45, 7) is 2.63. The van der Waals surface area contributed by atoms with Gasteiger partial charge in [0.1, 0.15) is 6.04 Å². The number of hydrogen-bond acceptors (Lipinski definition) is 3. The lowest BCUT2D eigenvalue weighted by Gasteiger charge is -2.38. The van der Waals surface area contributed by atoms with Gasteiger partial charge in [-0.1, -0.05) is 40.2 Å². The first-order chi connectivity index (χ1) is 16.0. The average molecular weight is 512 g/mol. The van der Waals surface area contributed by atoms with Gasteiger partial charge in [0.15, 0.2) is 0 Å². The molecule has 4 rings (SSSR count). The first-order valence-electron chi connectivity index (χ1n) is 11.7. The number of nitrogens with zero attached hydrogens (tertiary/aromatic N) is 2. The van der Waals surface area contributed by atoms with Crippen LogP contribution in [0.1, 0.15) is 52.8 Å². The first kappa shape index (κ1) is 23.5. The van der Waals surface area contributed by atoms with Crippen LogP contribution in [-0.4, -0.2) is 59.7 Å². The highest BCUT2D eigenvalue weighted by Gasteiger charge is 2.36. The van der Waals surface area contributed by atoms with Crippen LogP contribution in [0.15, 0.2) is 59.1 Å². The van der Waals surface area contributed by atoms with Crippen molar-refractivity contribution in [2.45, 2.75) is 38.1 Å². The van der Waals surface area contributed by atoms with Crippen molar-refractivity contribution in [3.05, 3.63) is 70.2 Å². The number of benzene rings is 2. The summed E-state index contributed by atoms with van der Waals surface area (Å²) < 4.78 is 0.874. The minimum atomic E-state index is -0.570. The number of amides is 3. The Labute approximate surface area is 203 Å². The third-order valence-corrected chi connectivity index (χ3v) is 7.12. The Balaban J connectivity index is 1.45. The standard InChI is InChI=1S/C26H30BrN3O3/c27-22-11-7-10-21(18-22)25(32)30-16-12-19(13-17-30)23(26(33)29-14-5-2-6-15-29)28-24(31)20-8-3-1-4-9-20/h1,3-4,7-11,18-19,23H,2,5-6,12-17H2,(H,28,31). The number of piperidine rings is 2. The summed E-state index contributed by atoms with van der Waals surface area (Å²) in [5.41, 5.74) is 1.21. The normalized spacial score (nSPS) is 18.0. The second kappa shape index (κ2) is 11.0. The summed E-state index contributed by atoms with van der Waals surface area (Å²) in [5, 5.41) is 3.04. The predicted molar refractivity (Wildman–Crippen MR) is 131 cm³/mol. The number of halogens is 1. The first-order valence-corrected chi connectivity index (χ1v) is 12.5. The van der Waals surface area contributed by atoms with Crippen LogP contribution in [0.3, 0.4) is 0 Å². The van der Waals surface area contributed by atoms with E-state index in [0.29, 0.717) is 37.1 Å². The smallest absolute Gasteiger partial charge is 0.253 e.